The average Bonchev–Trinajstić information content (AvgIpc) is 2.96. The summed E-state index contributed by atoms with van der Waals surface area (Å²) in [4.78, 5) is 34.1. The first-order chi connectivity index (χ1) is 13.5. The van der Waals surface area contributed by atoms with Crippen molar-refractivity contribution in [3.63, 3.8) is 0 Å². The van der Waals surface area contributed by atoms with Gasteiger partial charge in [-0.3, -0.25) is 9.59 Å². The Labute approximate surface area is 172 Å². The molecular formula is C21H23N3O2S2. The van der Waals surface area contributed by atoms with E-state index in [-0.39, 0.29) is 17.5 Å². The maximum atomic E-state index is 12.4. The lowest BCUT2D eigenvalue weighted by atomic mass is 9.88. The first kappa shape index (κ1) is 19.2. The van der Waals surface area contributed by atoms with Gasteiger partial charge in [-0.2, -0.15) is 0 Å². The van der Waals surface area contributed by atoms with E-state index in [0.29, 0.717) is 22.7 Å². The van der Waals surface area contributed by atoms with Crippen LogP contribution in [0.25, 0.3) is 10.2 Å². The molecule has 2 heterocycles. The Morgan fingerprint density at radius 2 is 2.18 bits per heavy atom. The fraction of sp³-hybridized carbons (Fsp3) is 0.381. The van der Waals surface area contributed by atoms with Gasteiger partial charge in [0.15, 0.2) is 0 Å². The number of H-pyrrole nitrogens is 1. The zero-order valence-corrected chi connectivity index (χ0v) is 17.6. The van der Waals surface area contributed by atoms with Gasteiger partial charge in [0.05, 0.1) is 22.9 Å². The molecule has 7 heteroatoms. The number of aryl methyl sites for hydroxylation is 3. The van der Waals surface area contributed by atoms with E-state index < -0.39 is 0 Å². The number of benzene rings is 1. The summed E-state index contributed by atoms with van der Waals surface area (Å²) in [5.41, 5.74) is 3.49. The number of aromatic nitrogens is 2. The van der Waals surface area contributed by atoms with Crippen LogP contribution in [0.2, 0.25) is 0 Å². The number of nitrogens with zero attached hydrogens (tertiary/aromatic N) is 1. The van der Waals surface area contributed by atoms with E-state index in [9.17, 15) is 9.59 Å². The highest BCUT2D eigenvalue weighted by Crippen LogP contribution is 2.29. The normalized spacial score (nSPS) is 16.1. The Hall–Kier alpha value is -2.12. The summed E-state index contributed by atoms with van der Waals surface area (Å²) in [5, 5.41) is 3.85. The maximum absolute atomic E-state index is 12.4. The minimum absolute atomic E-state index is 0.0259. The predicted octanol–water partition coefficient (Wildman–Crippen LogP) is 4.03. The lowest BCUT2D eigenvalue weighted by molar-refractivity contribution is -0.119. The van der Waals surface area contributed by atoms with E-state index in [0.717, 1.165) is 34.5 Å². The lowest BCUT2D eigenvalue weighted by Gasteiger charge is -2.26. The fourth-order valence-corrected chi connectivity index (χ4v) is 5.50. The number of rotatable bonds is 5. The molecule has 1 aliphatic carbocycles. The SMILES string of the molecule is Cc1sc2nc(CSCC(=O)NC3CCCc4ccccc43)[nH]c(=O)c2c1C. The largest absolute Gasteiger partial charge is 0.349 e. The molecule has 0 bridgehead atoms. The number of carbonyl (C=O) groups is 1. The van der Waals surface area contributed by atoms with E-state index in [2.05, 4.69) is 33.5 Å². The fourth-order valence-electron chi connectivity index (χ4n) is 3.75. The second-order valence-corrected chi connectivity index (χ2v) is 9.37. The first-order valence-corrected chi connectivity index (χ1v) is 11.4. The molecule has 28 heavy (non-hydrogen) atoms. The Morgan fingerprint density at radius 1 is 1.36 bits per heavy atom. The molecule has 2 N–H and O–H groups in total. The van der Waals surface area contributed by atoms with Gasteiger partial charge >= 0.3 is 0 Å². The third kappa shape index (κ3) is 3.86. The number of hydrogen-bond acceptors (Lipinski definition) is 5. The molecule has 1 amide bonds. The van der Waals surface area contributed by atoms with Crippen molar-refractivity contribution >= 4 is 39.2 Å². The quantitative estimate of drug-likeness (QED) is 0.662. The Kier molecular flexibility index (Phi) is 5.55. The van der Waals surface area contributed by atoms with Crippen LogP contribution in [-0.2, 0) is 17.0 Å². The van der Waals surface area contributed by atoms with E-state index >= 15 is 0 Å². The van der Waals surface area contributed by atoms with E-state index in [1.165, 1.54) is 22.9 Å². The number of nitrogens with one attached hydrogen (secondary N) is 2. The molecule has 5 nitrogen and oxygen atoms in total. The minimum Gasteiger partial charge on any atom is -0.349 e. The summed E-state index contributed by atoms with van der Waals surface area (Å²) in [6.45, 7) is 3.95. The van der Waals surface area contributed by atoms with Gasteiger partial charge in [-0.1, -0.05) is 24.3 Å². The highest BCUT2D eigenvalue weighted by Gasteiger charge is 2.21. The van der Waals surface area contributed by atoms with Crippen molar-refractivity contribution < 1.29 is 4.79 Å². The molecule has 0 radical (unpaired) electrons. The van der Waals surface area contributed by atoms with Crippen LogP contribution < -0.4 is 10.9 Å². The molecule has 1 aliphatic rings. The number of amides is 1. The van der Waals surface area contributed by atoms with Crippen LogP contribution in [0.4, 0.5) is 0 Å². The molecule has 146 valence electrons. The Balaban J connectivity index is 1.36. The topological polar surface area (TPSA) is 74.8 Å². The first-order valence-electron chi connectivity index (χ1n) is 9.46. The van der Waals surface area contributed by atoms with Gasteiger partial charge in [-0.05, 0) is 49.8 Å². The van der Waals surface area contributed by atoms with Gasteiger partial charge in [0.2, 0.25) is 5.91 Å². The summed E-state index contributed by atoms with van der Waals surface area (Å²) in [6.07, 6.45) is 3.16. The highest BCUT2D eigenvalue weighted by molar-refractivity contribution is 7.99. The van der Waals surface area contributed by atoms with Crippen molar-refractivity contribution in [2.24, 2.45) is 0 Å². The molecule has 3 aromatic rings. The van der Waals surface area contributed by atoms with Gasteiger partial charge in [-0.25, -0.2) is 4.98 Å². The minimum atomic E-state index is -0.0919. The van der Waals surface area contributed by atoms with E-state index in [4.69, 9.17) is 0 Å². The highest BCUT2D eigenvalue weighted by atomic mass is 32.2. The van der Waals surface area contributed by atoms with Crippen LogP contribution in [0.3, 0.4) is 0 Å². The maximum Gasteiger partial charge on any atom is 0.259 e. The third-order valence-electron chi connectivity index (χ3n) is 5.26. The number of fused-ring (bicyclic) bond motifs is 2. The molecule has 0 fully saturated rings. The summed E-state index contributed by atoms with van der Waals surface area (Å²) < 4.78 is 0. The van der Waals surface area contributed by atoms with Gasteiger partial charge in [0, 0.05) is 4.88 Å². The zero-order chi connectivity index (χ0) is 19.7. The average molecular weight is 414 g/mol. The van der Waals surface area contributed by atoms with Crippen LogP contribution in [0, 0.1) is 13.8 Å². The number of carbonyl (C=O) groups excluding carboxylic acids is 1. The van der Waals surface area contributed by atoms with Crippen LogP contribution in [0.1, 0.15) is 46.3 Å². The molecule has 1 aromatic carbocycles. The third-order valence-corrected chi connectivity index (χ3v) is 7.31. The molecule has 0 saturated heterocycles. The van der Waals surface area contributed by atoms with Crippen LogP contribution >= 0.6 is 23.1 Å². The molecule has 1 atom stereocenters. The van der Waals surface area contributed by atoms with Gasteiger partial charge in [-0.15, -0.1) is 23.1 Å². The Morgan fingerprint density at radius 3 is 3.04 bits per heavy atom. The second kappa shape index (κ2) is 8.09. The summed E-state index contributed by atoms with van der Waals surface area (Å²) in [5.74, 6) is 1.51. The van der Waals surface area contributed by atoms with Crippen molar-refractivity contribution in [3.05, 3.63) is 62.0 Å². The van der Waals surface area contributed by atoms with Crippen molar-refractivity contribution in [1.29, 1.82) is 0 Å². The monoisotopic (exact) mass is 413 g/mol. The van der Waals surface area contributed by atoms with Crippen LogP contribution in [0.5, 0.6) is 0 Å². The molecule has 4 rings (SSSR count). The number of hydrogen-bond donors (Lipinski definition) is 2. The zero-order valence-electron chi connectivity index (χ0n) is 16.0. The van der Waals surface area contributed by atoms with Gasteiger partial charge in [0.1, 0.15) is 10.7 Å². The summed E-state index contributed by atoms with van der Waals surface area (Å²) in [7, 11) is 0. The van der Waals surface area contributed by atoms with Crippen LogP contribution in [0.15, 0.2) is 29.1 Å². The van der Waals surface area contributed by atoms with E-state index in [1.54, 1.807) is 11.3 Å². The summed E-state index contributed by atoms with van der Waals surface area (Å²) in [6, 6.07) is 8.45. The van der Waals surface area contributed by atoms with Crippen molar-refractivity contribution in [2.75, 3.05) is 5.75 Å². The molecule has 1 unspecified atom stereocenters. The lowest BCUT2D eigenvalue weighted by Crippen LogP contribution is -2.32. The van der Waals surface area contributed by atoms with Crippen LogP contribution in [-0.4, -0.2) is 21.6 Å². The molecule has 0 spiro atoms. The summed E-state index contributed by atoms with van der Waals surface area (Å²) >= 11 is 3.02. The van der Waals surface area contributed by atoms with Gasteiger partial charge < -0.3 is 10.3 Å². The van der Waals surface area contributed by atoms with Crippen molar-refractivity contribution in [2.45, 2.75) is 44.9 Å². The van der Waals surface area contributed by atoms with Crippen molar-refractivity contribution in [1.82, 2.24) is 15.3 Å². The number of thiophene rings is 1. The predicted molar refractivity (Wildman–Crippen MR) is 116 cm³/mol. The van der Waals surface area contributed by atoms with E-state index in [1.807, 2.05) is 19.9 Å². The standard InChI is InChI=1S/C21H23N3O2S2/c1-12-13(2)28-21-19(12)20(26)23-17(24-21)10-27-11-18(25)22-16-9-5-7-14-6-3-4-8-15(14)16/h3-4,6,8,16H,5,7,9-11H2,1-2H3,(H,22,25)(H,23,24,26). The van der Waals surface area contributed by atoms with Gasteiger partial charge in [0.25, 0.3) is 5.56 Å². The number of thioether (sulfide) groups is 1. The second-order valence-electron chi connectivity index (χ2n) is 7.18. The molecular weight excluding hydrogens is 390 g/mol. The molecule has 0 aliphatic heterocycles. The van der Waals surface area contributed by atoms with Crippen molar-refractivity contribution in [3.8, 4) is 0 Å². The smallest absolute Gasteiger partial charge is 0.259 e. The molecule has 0 saturated carbocycles. The molecule has 2 aromatic heterocycles. The Bertz CT molecular complexity index is 1090. The number of aromatic amines is 1.